The Kier molecular flexibility index (Phi) is 8.52. The van der Waals surface area contributed by atoms with Gasteiger partial charge in [-0.1, -0.05) is 17.8 Å². The van der Waals surface area contributed by atoms with Crippen molar-refractivity contribution in [2.24, 2.45) is 12.8 Å². The number of aryl methyl sites for hydroxylation is 1. The van der Waals surface area contributed by atoms with Crippen molar-refractivity contribution in [2.75, 3.05) is 11.1 Å². The number of primary amides is 1. The van der Waals surface area contributed by atoms with E-state index in [4.69, 9.17) is 10.5 Å². The van der Waals surface area contributed by atoms with Crippen molar-refractivity contribution in [3.05, 3.63) is 58.5 Å². The molecule has 0 radical (unpaired) electrons. The maximum atomic E-state index is 12.8. The molecule has 0 aliphatic carbocycles. The largest absolute Gasteiger partial charge is 0.459 e. The van der Waals surface area contributed by atoms with Crippen LogP contribution in [-0.2, 0) is 29.5 Å². The first-order valence-corrected chi connectivity index (χ1v) is 12.6. The van der Waals surface area contributed by atoms with Gasteiger partial charge in [-0.2, -0.15) is 0 Å². The Morgan fingerprint density at radius 1 is 1.34 bits per heavy atom. The number of nitrogens with zero attached hydrogens (tertiary/aromatic N) is 4. The van der Waals surface area contributed by atoms with Crippen molar-refractivity contribution in [1.29, 1.82) is 0 Å². The monoisotopic (exact) mass is 516 g/mol. The van der Waals surface area contributed by atoms with Gasteiger partial charge in [0.25, 0.3) is 5.91 Å². The lowest BCUT2D eigenvalue weighted by molar-refractivity contribution is -0.113. The molecule has 12 heteroatoms. The molecule has 10 nitrogen and oxygen atoms in total. The first kappa shape index (κ1) is 26.2. The predicted octanol–water partition coefficient (Wildman–Crippen LogP) is 3.16. The fourth-order valence-electron chi connectivity index (χ4n) is 3.36. The van der Waals surface area contributed by atoms with Gasteiger partial charge in [0.15, 0.2) is 5.16 Å². The van der Waals surface area contributed by atoms with Crippen LogP contribution >= 0.6 is 23.1 Å². The molecule has 2 amide bonds. The van der Waals surface area contributed by atoms with E-state index >= 15 is 0 Å². The van der Waals surface area contributed by atoms with Gasteiger partial charge >= 0.3 is 5.97 Å². The molecular formula is C23H28N6O4S2. The molecule has 35 heavy (non-hydrogen) atoms. The van der Waals surface area contributed by atoms with Gasteiger partial charge in [-0.05, 0) is 38.5 Å². The van der Waals surface area contributed by atoms with Gasteiger partial charge in [-0.3, -0.25) is 9.59 Å². The zero-order chi connectivity index (χ0) is 25.7. The molecule has 3 heterocycles. The molecule has 3 N–H and O–H groups in total. The third-order valence-electron chi connectivity index (χ3n) is 5.00. The number of thioether (sulfide) groups is 1. The molecule has 3 rings (SSSR count). The van der Waals surface area contributed by atoms with Gasteiger partial charge in [0, 0.05) is 31.9 Å². The second-order valence-electron chi connectivity index (χ2n) is 8.00. The van der Waals surface area contributed by atoms with Crippen molar-refractivity contribution < 1.29 is 19.1 Å². The number of hydrogen-bond acceptors (Lipinski definition) is 8. The van der Waals surface area contributed by atoms with Crippen molar-refractivity contribution in [2.45, 2.75) is 45.0 Å². The highest BCUT2D eigenvalue weighted by Crippen LogP contribution is 2.34. The summed E-state index contributed by atoms with van der Waals surface area (Å²) < 4.78 is 9.20. The zero-order valence-electron chi connectivity index (χ0n) is 20.0. The number of nitrogens with two attached hydrogens (primary N) is 1. The lowest BCUT2D eigenvalue weighted by Gasteiger charge is -2.11. The molecule has 3 aromatic rings. The van der Waals surface area contributed by atoms with E-state index in [1.165, 1.54) is 11.8 Å². The number of ether oxygens (including phenoxy) is 1. The average molecular weight is 517 g/mol. The number of rotatable bonds is 11. The molecular weight excluding hydrogens is 488 g/mol. The highest BCUT2D eigenvalue weighted by atomic mass is 32.2. The number of anilines is 1. The fraction of sp³-hybridized carbons (Fsp3) is 0.348. The molecule has 0 aromatic carbocycles. The van der Waals surface area contributed by atoms with Crippen LogP contribution in [0.25, 0.3) is 0 Å². The normalized spacial score (nSPS) is 11.0. The first-order valence-electron chi connectivity index (χ1n) is 10.8. The van der Waals surface area contributed by atoms with E-state index < -0.39 is 11.9 Å². The van der Waals surface area contributed by atoms with E-state index in [-0.39, 0.29) is 33.2 Å². The number of nitrogens with one attached hydrogen (secondary N) is 1. The highest BCUT2D eigenvalue weighted by molar-refractivity contribution is 7.99. The van der Waals surface area contributed by atoms with Crippen LogP contribution < -0.4 is 11.1 Å². The van der Waals surface area contributed by atoms with Crippen LogP contribution in [0.15, 0.2) is 36.1 Å². The molecule has 186 valence electrons. The Labute approximate surface area is 211 Å². The number of allylic oxidation sites excluding steroid dienone is 1. The Hall–Kier alpha value is -3.38. The number of carbonyl (C=O) groups excluding carboxylic acids is 3. The summed E-state index contributed by atoms with van der Waals surface area (Å²) >= 11 is 2.17. The Morgan fingerprint density at radius 3 is 2.69 bits per heavy atom. The van der Waals surface area contributed by atoms with Crippen LogP contribution in [0.5, 0.6) is 0 Å². The van der Waals surface area contributed by atoms with Gasteiger partial charge in [0.05, 0.1) is 22.3 Å². The average Bonchev–Trinajstić information content (AvgIpc) is 3.45. The number of hydrogen-bond donors (Lipinski definition) is 2. The van der Waals surface area contributed by atoms with E-state index in [9.17, 15) is 14.4 Å². The number of aromatic nitrogens is 4. The predicted molar refractivity (Wildman–Crippen MR) is 136 cm³/mol. The van der Waals surface area contributed by atoms with Crippen molar-refractivity contribution in [3.63, 3.8) is 0 Å². The molecule has 0 aliphatic rings. The van der Waals surface area contributed by atoms with E-state index in [1.807, 2.05) is 34.5 Å². The van der Waals surface area contributed by atoms with Gasteiger partial charge < -0.3 is 24.9 Å². The van der Waals surface area contributed by atoms with Crippen LogP contribution in [0.4, 0.5) is 5.00 Å². The minimum Gasteiger partial charge on any atom is -0.459 e. The van der Waals surface area contributed by atoms with Crippen LogP contribution in [0.3, 0.4) is 0 Å². The molecule has 0 fully saturated rings. The second-order valence-corrected chi connectivity index (χ2v) is 9.96. The minimum atomic E-state index is -0.677. The Morgan fingerprint density at radius 2 is 2.09 bits per heavy atom. The van der Waals surface area contributed by atoms with E-state index in [0.717, 1.165) is 22.9 Å². The standard InChI is InChI=1S/C23H28N6O4S2/c1-6-9-29-16(11-15-8-7-10-28(15)5)26-27-23(29)34-12-17(30)25-21-18(22(32)33-13(2)3)14(4)19(35-21)20(24)31/h6-8,10,13H,1,9,11-12H2,2-5H3,(H2,24,31)(H,25,30). The topological polar surface area (TPSA) is 134 Å². The number of thiophene rings is 1. The lowest BCUT2D eigenvalue weighted by atomic mass is 10.1. The van der Waals surface area contributed by atoms with Gasteiger partial charge in [-0.25, -0.2) is 4.79 Å². The van der Waals surface area contributed by atoms with Crippen LogP contribution in [0.1, 0.15) is 51.0 Å². The zero-order valence-corrected chi connectivity index (χ0v) is 21.7. The molecule has 0 saturated heterocycles. The lowest BCUT2D eigenvalue weighted by Crippen LogP contribution is -2.18. The maximum absolute atomic E-state index is 12.8. The highest BCUT2D eigenvalue weighted by Gasteiger charge is 2.26. The third-order valence-corrected chi connectivity index (χ3v) is 7.19. The minimum absolute atomic E-state index is 0.0148. The van der Waals surface area contributed by atoms with Gasteiger partial charge in [-0.15, -0.1) is 28.1 Å². The molecule has 0 unspecified atom stereocenters. The van der Waals surface area contributed by atoms with E-state index in [1.54, 1.807) is 26.8 Å². The summed E-state index contributed by atoms with van der Waals surface area (Å²) in [6.07, 6.45) is 3.93. The quantitative estimate of drug-likeness (QED) is 0.227. The smallest absolute Gasteiger partial charge is 0.341 e. The summed E-state index contributed by atoms with van der Waals surface area (Å²) in [6.45, 7) is 9.33. The van der Waals surface area contributed by atoms with Gasteiger partial charge in [0.1, 0.15) is 10.8 Å². The molecule has 3 aromatic heterocycles. The molecule has 0 spiro atoms. The van der Waals surface area contributed by atoms with Crippen LogP contribution in [0.2, 0.25) is 0 Å². The van der Waals surface area contributed by atoms with Crippen molar-refractivity contribution in [1.82, 2.24) is 19.3 Å². The van der Waals surface area contributed by atoms with E-state index in [2.05, 4.69) is 22.1 Å². The summed E-state index contributed by atoms with van der Waals surface area (Å²) in [6, 6.07) is 3.98. The first-order chi connectivity index (χ1) is 16.6. The van der Waals surface area contributed by atoms with Gasteiger partial charge in [0.2, 0.25) is 5.91 Å². The molecule has 0 aliphatic heterocycles. The van der Waals surface area contributed by atoms with Crippen LogP contribution in [0, 0.1) is 6.92 Å². The summed E-state index contributed by atoms with van der Waals surface area (Å²) in [5.74, 6) is -0.901. The van der Waals surface area contributed by atoms with Crippen molar-refractivity contribution >= 4 is 45.9 Å². The fourth-order valence-corrected chi connectivity index (χ4v) is 5.19. The van der Waals surface area contributed by atoms with Crippen molar-refractivity contribution in [3.8, 4) is 0 Å². The maximum Gasteiger partial charge on any atom is 0.341 e. The summed E-state index contributed by atoms with van der Waals surface area (Å²) in [5.41, 5.74) is 7.04. The summed E-state index contributed by atoms with van der Waals surface area (Å²) in [5, 5.41) is 12.1. The second kappa shape index (κ2) is 11.4. The number of esters is 1. The molecule has 0 saturated carbocycles. The SMILES string of the molecule is C=CCn1c(Cc2cccn2C)nnc1SCC(=O)Nc1sc(C(N)=O)c(C)c1C(=O)OC(C)C. The molecule has 0 atom stereocenters. The number of carbonyl (C=O) groups is 3. The Bertz CT molecular complexity index is 1260. The Balaban J connectivity index is 1.75. The van der Waals surface area contributed by atoms with E-state index in [0.29, 0.717) is 23.7 Å². The molecule has 0 bridgehead atoms. The summed E-state index contributed by atoms with van der Waals surface area (Å²) in [7, 11) is 1.96. The summed E-state index contributed by atoms with van der Waals surface area (Å²) in [4.78, 5) is 37.4. The third kappa shape index (κ3) is 6.20. The number of amides is 2. The van der Waals surface area contributed by atoms with Crippen LogP contribution in [-0.4, -0.2) is 49.0 Å².